The van der Waals surface area contributed by atoms with Crippen LogP contribution in [-0.4, -0.2) is 74.3 Å². The van der Waals surface area contributed by atoms with Crippen molar-refractivity contribution in [1.29, 1.82) is 0 Å². The zero-order valence-corrected chi connectivity index (χ0v) is 28.2. The van der Waals surface area contributed by atoms with Crippen molar-refractivity contribution in [2.75, 3.05) is 0 Å². The molecule has 250 valence electrons. The fourth-order valence-corrected chi connectivity index (χ4v) is 4.76. The Morgan fingerprint density at radius 1 is 0.580 bits per heavy atom. The van der Waals surface area contributed by atoms with Crippen molar-refractivity contribution in [2.45, 2.75) is 27.7 Å². The first kappa shape index (κ1) is 33.0. The van der Waals surface area contributed by atoms with Crippen molar-refractivity contribution >= 4 is 55.8 Å². The van der Waals surface area contributed by atoms with E-state index in [1.165, 1.54) is 5.56 Å². The van der Waals surface area contributed by atoms with E-state index in [0.717, 1.165) is 72.9 Å². The van der Waals surface area contributed by atoms with Gasteiger partial charge in [-0.15, -0.1) is 0 Å². The van der Waals surface area contributed by atoms with Gasteiger partial charge in [-0.1, -0.05) is 0 Å². The van der Waals surface area contributed by atoms with Crippen LogP contribution in [0.25, 0.3) is 55.8 Å². The maximum Gasteiger partial charge on any atom is 0.177 e. The summed E-state index contributed by atoms with van der Waals surface area (Å²) in [4.78, 5) is 52.9. The molecule has 15 nitrogen and oxygen atoms in total. The number of pyridine rings is 5. The number of fused-ring (bicyclic) bond motifs is 5. The third-order valence-electron chi connectivity index (χ3n) is 7.21. The molecule has 0 aliphatic rings. The van der Waals surface area contributed by atoms with Gasteiger partial charge in [0.05, 0.1) is 47.4 Å². The van der Waals surface area contributed by atoms with Gasteiger partial charge in [0.1, 0.15) is 11.3 Å². The van der Waals surface area contributed by atoms with Gasteiger partial charge in [-0.2, -0.15) is 0 Å². The van der Waals surface area contributed by atoms with Gasteiger partial charge in [-0.05, 0) is 87.4 Å². The predicted molar refractivity (Wildman–Crippen MR) is 193 cm³/mol. The minimum atomic E-state index is 0.783. The number of H-pyrrole nitrogens is 4. The third kappa shape index (κ3) is 8.14. The predicted octanol–water partition coefficient (Wildman–Crippen LogP) is 6.03. The summed E-state index contributed by atoms with van der Waals surface area (Å²) in [6, 6.07) is 15.6. The molecule has 0 fully saturated rings. The van der Waals surface area contributed by atoms with Gasteiger partial charge in [0.2, 0.25) is 0 Å². The Kier molecular flexibility index (Phi) is 10.1. The second kappa shape index (κ2) is 15.3. The number of aromatic nitrogens is 15. The summed E-state index contributed by atoms with van der Waals surface area (Å²) in [5, 5.41) is 0. The Bertz CT molecular complexity index is 2470. The van der Waals surface area contributed by atoms with Crippen LogP contribution in [0.3, 0.4) is 0 Å². The van der Waals surface area contributed by atoms with E-state index in [-0.39, 0.29) is 0 Å². The van der Waals surface area contributed by atoms with Gasteiger partial charge >= 0.3 is 0 Å². The number of aryl methyl sites for hydroxylation is 5. The van der Waals surface area contributed by atoms with Crippen LogP contribution in [0.2, 0.25) is 0 Å². The average Bonchev–Trinajstić information content (AvgIpc) is 3.97. The van der Waals surface area contributed by atoms with Gasteiger partial charge in [-0.3, -0.25) is 0 Å². The lowest BCUT2D eigenvalue weighted by Crippen LogP contribution is -1.85. The van der Waals surface area contributed by atoms with Gasteiger partial charge in [0.25, 0.3) is 0 Å². The van der Waals surface area contributed by atoms with Crippen LogP contribution < -0.4 is 0 Å². The number of imidazole rings is 5. The maximum absolute atomic E-state index is 4.19. The molecule has 0 aliphatic heterocycles. The first-order chi connectivity index (χ1) is 24.3. The largest absolute Gasteiger partial charge is 0.343 e. The van der Waals surface area contributed by atoms with Gasteiger partial charge in [0, 0.05) is 37.5 Å². The van der Waals surface area contributed by atoms with Gasteiger partial charge < -0.3 is 24.5 Å². The molecule has 4 N–H and O–H groups in total. The second-order valence-electron chi connectivity index (χ2n) is 11.1. The van der Waals surface area contributed by atoms with Crippen molar-refractivity contribution in [2.24, 2.45) is 7.05 Å². The van der Waals surface area contributed by atoms with E-state index >= 15 is 0 Å². The van der Waals surface area contributed by atoms with Crippen molar-refractivity contribution in [3.05, 3.63) is 121 Å². The minimum Gasteiger partial charge on any atom is -0.343 e. The SMILES string of the molecule is Cc1ccc2[nH]cnc2n1.Cc1ccnc2nc[nH]c12.Cc1cnc2nc[nH]c2c1.Cc1nc2ncccc2[nH]1.Cn1cnc2cccnc21. The van der Waals surface area contributed by atoms with Crippen molar-refractivity contribution in [3.63, 3.8) is 0 Å². The highest BCUT2D eigenvalue weighted by atomic mass is 15.1. The first-order valence-corrected chi connectivity index (χ1v) is 15.6. The van der Waals surface area contributed by atoms with Crippen LogP contribution in [0.4, 0.5) is 0 Å². The fraction of sp³-hybridized carbons (Fsp3) is 0.143. The van der Waals surface area contributed by atoms with E-state index in [2.05, 4.69) is 69.8 Å². The molecular formula is C35H35N15. The summed E-state index contributed by atoms with van der Waals surface area (Å²) < 4.78 is 1.90. The topological polar surface area (TPSA) is 197 Å². The van der Waals surface area contributed by atoms with Crippen molar-refractivity contribution in [1.82, 2.24) is 74.3 Å². The lowest BCUT2D eigenvalue weighted by molar-refractivity contribution is 0.931. The molecule has 0 aliphatic carbocycles. The molecule has 0 saturated heterocycles. The average molecular weight is 666 g/mol. The van der Waals surface area contributed by atoms with E-state index < -0.39 is 0 Å². The molecule has 50 heavy (non-hydrogen) atoms. The van der Waals surface area contributed by atoms with Crippen LogP contribution in [0.15, 0.2) is 98.6 Å². The zero-order valence-electron chi connectivity index (χ0n) is 28.2. The maximum atomic E-state index is 4.19. The summed E-state index contributed by atoms with van der Waals surface area (Å²) in [5.41, 5.74) is 12.4. The van der Waals surface area contributed by atoms with Crippen LogP contribution in [0, 0.1) is 27.7 Å². The van der Waals surface area contributed by atoms with Gasteiger partial charge in [0.15, 0.2) is 28.2 Å². The summed E-state index contributed by atoms with van der Waals surface area (Å²) in [6.45, 7) is 7.91. The molecule has 0 aromatic carbocycles. The molecule has 0 bridgehead atoms. The van der Waals surface area contributed by atoms with E-state index in [4.69, 9.17) is 0 Å². The van der Waals surface area contributed by atoms with E-state index in [0.29, 0.717) is 0 Å². The Labute approximate surface area is 285 Å². The number of aromatic amines is 4. The van der Waals surface area contributed by atoms with E-state index in [9.17, 15) is 0 Å². The molecule has 0 spiro atoms. The summed E-state index contributed by atoms with van der Waals surface area (Å²) in [6.07, 6.45) is 13.8. The van der Waals surface area contributed by atoms with Crippen LogP contribution in [-0.2, 0) is 7.05 Å². The quantitative estimate of drug-likeness (QED) is 0.148. The number of nitrogens with zero attached hydrogens (tertiary/aromatic N) is 11. The molecule has 0 saturated carbocycles. The lowest BCUT2D eigenvalue weighted by Gasteiger charge is -1.90. The number of hydrogen-bond donors (Lipinski definition) is 4. The number of rotatable bonds is 0. The zero-order chi connectivity index (χ0) is 34.9. The third-order valence-corrected chi connectivity index (χ3v) is 7.21. The summed E-state index contributed by atoms with van der Waals surface area (Å²) >= 11 is 0. The molecule has 10 heterocycles. The minimum absolute atomic E-state index is 0.783. The second-order valence-corrected chi connectivity index (χ2v) is 11.1. The highest BCUT2D eigenvalue weighted by molar-refractivity contribution is 5.73. The normalized spacial score (nSPS) is 10.5. The summed E-state index contributed by atoms with van der Waals surface area (Å²) in [5.74, 6) is 0.911. The molecule has 15 heteroatoms. The van der Waals surface area contributed by atoms with Crippen LogP contribution in [0.1, 0.15) is 22.6 Å². The number of nitrogens with one attached hydrogen (secondary N) is 4. The monoisotopic (exact) mass is 665 g/mol. The van der Waals surface area contributed by atoms with Gasteiger partial charge in [-0.25, -0.2) is 49.8 Å². The Morgan fingerprint density at radius 2 is 1.30 bits per heavy atom. The number of hydrogen-bond acceptors (Lipinski definition) is 10. The first-order valence-electron chi connectivity index (χ1n) is 15.6. The highest BCUT2D eigenvalue weighted by Crippen LogP contribution is 2.10. The van der Waals surface area contributed by atoms with Crippen LogP contribution in [0.5, 0.6) is 0 Å². The van der Waals surface area contributed by atoms with Crippen LogP contribution >= 0.6 is 0 Å². The Hall–Kier alpha value is -6.90. The Balaban J connectivity index is 0.000000108. The van der Waals surface area contributed by atoms with Crippen molar-refractivity contribution in [3.8, 4) is 0 Å². The molecule has 0 amide bonds. The van der Waals surface area contributed by atoms with E-state index in [1.54, 1.807) is 43.9 Å². The Morgan fingerprint density at radius 3 is 2.12 bits per heavy atom. The molecule has 10 aromatic heterocycles. The van der Waals surface area contributed by atoms with Crippen molar-refractivity contribution < 1.29 is 0 Å². The molecule has 0 radical (unpaired) electrons. The molecule has 0 atom stereocenters. The van der Waals surface area contributed by atoms with E-state index in [1.807, 2.05) is 94.0 Å². The summed E-state index contributed by atoms with van der Waals surface area (Å²) in [7, 11) is 1.93. The molecule has 10 rings (SSSR count). The lowest BCUT2D eigenvalue weighted by atomic mass is 10.3. The molecular weight excluding hydrogens is 630 g/mol. The molecule has 0 unspecified atom stereocenters. The standard InChI is InChI=1S/5C7H7N3/c1-5-2-6-7(8-3-5)10-4-9-6;1-5-2-3-8-7-6(5)9-4-10-7;1-5-2-3-6-7(10-5)9-4-8-6;1-10-5-9-6-3-2-4-8-7(6)10;1-5-9-6-3-2-4-8-7(6)10-5/h3*2-4H,1H3,(H,8,9,10);2-5H,1H3;2-4H,1H3,(H,8,9,10). The fourth-order valence-electron chi connectivity index (χ4n) is 4.76. The smallest absolute Gasteiger partial charge is 0.177 e. The highest BCUT2D eigenvalue weighted by Gasteiger charge is 1.99. The molecule has 10 aromatic rings.